The lowest BCUT2D eigenvalue weighted by molar-refractivity contribution is -0.132. The molecule has 26 heavy (non-hydrogen) atoms. The summed E-state index contributed by atoms with van der Waals surface area (Å²) in [5.74, 6) is 0.788. The highest BCUT2D eigenvalue weighted by molar-refractivity contribution is 7.89. The van der Waals surface area contributed by atoms with E-state index in [0.717, 1.165) is 25.7 Å². The number of nitrogens with zero attached hydrogens (tertiary/aromatic N) is 2. The highest BCUT2D eigenvalue weighted by Gasteiger charge is 2.31. The van der Waals surface area contributed by atoms with Crippen LogP contribution in [0, 0.1) is 5.92 Å². The van der Waals surface area contributed by atoms with Gasteiger partial charge in [0.1, 0.15) is 0 Å². The molecule has 1 amide bonds. The van der Waals surface area contributed by atoms with Crippen LogP contribution in [0.5, 0.6) is 0 Å². The molecule has 0 aromatic heterocycles. The molecule has 2 aliphatic carbocycles. The third-order valence-corrected chi connectivity index (χ3v) is 8.38. The van der Waals surface area contributed by atoms with Crippen LogP contribution in [0.3, 0.4) is 0 Å². The summed E-state index contributed by atoms with van der Waals surface area (Å²) >= 11 is 0. The SMILES string of the molecule is CN(C(=O)CCCS(=O)(=O)N1CCC2CCCC=C2C1)C1CCCCC1. The Balaban J connectivity index is 1.46. The quantitative estimate of drug-likeness (QED) is 0.662. The van der Waals surface area contributed by atoms with E-state index in [1.165, 1.54) is 37.7 Å². The summed E-state index contributed by atoms with van der Waals surface area (Å²) in [5, 5.41) is 0. The molecule has 1 saturated carbocycles. The van der Waals surface area contributed by atoms with E-state index >= 15 is 0 Å². The summed E-state index contributed by atoms with van der Waals surface area (Å²) in [7, 11) is -1.38. The first kappa shape index (κ1) is 19.9. The van der Waals surface area contributed by atoms with Gasteiger partial charge in [-0.3, -0.25) is 4.79 Å². The van der Waals surface area contributed by atoms with E-state index in [2.05, 4.69) is 6.08 Å². The average molecular weight is 383 g/mol. The zero-order valence-corrected chi connectivity index (χ0v) is 17.0. The lowest BCUT2D eigenvalue weighted by Crippen LogP contribution is -2.42. The van der Waals surface area contributed by atoms with Crippen LogP contribution in [0.1, 0.15) is 70.6 Å². The molecular weight excluding hydrogens is 348 g/mol. The van der Waals surface area contributed by atoms with Gasteiger partial charge in [-0.15, -0.1) is 0 Å². The smallest absolute Gasteiger partial charge is 0.222 e. The summed E-state index contributed by atoms with van der Waals surface area (Å²) < 4.78 is 27.0. The van der Waals surface area contributed by atoms with Crippen molar-refractivity contribution >= 4 is 15.9 Å². The molecule has 0 N–H and O–H groups in total. The molecule has 0 spiro atoms. The fraction of sp³-hybridized carbons (Fsp3) is 0.850. The number of amides is 1. The van der Waals surface area contributed by atoms with Crippen molar-refractivity contribution in [2.24, 2.45) is 5.92 Å². The Bertz CT molecular complexity index is 623. The molecule has 5 nitrogen and oxygen atoms in total. The van der Waals surface area contributed by atoms with Gasteiger partial charge < -0.3 is 4.90 Å². The average Bonchev–Trinajstić information content (AvgIpc) is 2.67. The Morgan fingerprint density at radius 3 is 2.69 bits per heavy atom. The number of sulfonamides is 1. The lowest BCUT2D eigenvalue weighted by Gasteiger charge is -2.35. The van der Waals surface area contributed by atoms with Gasteiger partial charge in [0.15, 0.2) is 0 Å². The summed E-state index contributed by atoms with van der Waals surface area (Å²) in [6.45, 7) is 1.21. The Hall–Kier alpha value is -0.880. The standard InChI is InChI=1S/C20H34N2O3S/c1-21(19-10-3-2-4-11-19)20(23)12-7-15-26(24,25)22-14-13-17-8-5-6-9-18(17)16-22/h9,17,19H,2-8,10-16H2,1H3. The van der Waals surface area contributed by atoms with Crippen LogP contribution in [0.4, 0.5) is 0 Å². The van der Waals surface area contributed by atoms with Gasteiger partial charge in [-0.2, -0.15) is 4.31 Å². The fourth-order valence-corrected chi connectivity index (χ4v) is 6.23. The van der Waals surface area contributed by atoms with E-state index in [9.17, 15) is 13.2 Å². The number of piperidine rings is 1. The van der Waals surface area contributed by atoms with Crippen molar-refractivity contribution in [1.29, 1.82) is 0 Å². The molecule has 0 bridgehead atoms. The number of carbonyl (C=O) groups is 1. The van der Waals surface area contributed by atoms with E-state index < -0.39 is 10.0 Å². The third kappa shape index (κ3) is 4.89. The first-order chi connectivity index (χ1) is 12.5. The molecule has 1 heterocycles. The molecule has 0 radical (unpaired) electrons. The van der Waals surface area contributed by atoms with Crippen LogP contribution in [0.2, 0.25) is 0 Å². The van der Waals surface area contributed by atoms with Crippen molar-refractivity contribution in [3.63, 3.8) is 0 Å². The molecule has 148 valence electrons. The molecule has 0 aromatic carbocycles. The van der Waals surface area contributed by atoms with Gasteiger partial charge in [0.05, 0.1) is 5.75 Å². The van der Waals surface area contributed by atoms with Crippen LogP contribution in [-0.4, -0.2) is 55.5 Å². The van der Waals surface area contributed by atoms with Gasteiger partial charge >= 0.3 is 0 Å². The number of carbonyl (C=O) groups excluding carboxylic acids is 1. The van der Waals surface area contributed by atoms with Gasteiger partial charge in [0.25, 0.3) is 0 Å². The van der Waals surface area contributed by atoms with Crippen LogP contribution >= 0.6 is 0 Å². The maximum absolute atomic E-state index is 12.7. The van der Waals surface area contributed by atoms with Gasteiger partial charge in [-0.05, 0) is 50.9 Å². The zero-order valence-electron chi connectivity index (χ0n) is 16.2. The highest BCUT2D eigenvalue weighted by Crippen LogP contribution is 2.33. The molecule has 1 unspecified atom stereocenters. The number of hydrogen-bond donors (Lipinski definition) is 0. The van der Waals surface area contributed by atoms with Gasteiger partial charge in [-0.1, -0.05) is 30.9 Å². The van der Waals surface area contributed by atoms with Crippen LogP contribution < -0.4 is 0 Å². The summed E-state index contributed by atoms with van der Waals surface area (Å²) in [5.41, 5.74) is 1.32. The lowest BCUT2D eigenvalue weighted by atomic mass is 9.83. The van der Waals surface area contributed by atoms with Crippen molar-refractivity contribution in [2.45, 2.75) is 76.7 Å². The van der Waals surface area contributed by atoms with Crippen molar-refractivity contribution in [2.75, 3.05) is 25.9 Å². The van der Waals surface area contributed by atoms with Gasteiger partial charge in [0.2, 0.25) is 15.9 Å². The maximum Gasteiger partial charge on any atom is 0.222 e. The van der Waals surface area contributed by atoms with Crippen molar-refractivity contribution in [1.82, 2.24) is 9.21 Å². The Labute approximate surface area is 158 Å². The van der Waals surface area contributed by atoms with E-state index in [4.69, 9.17) is 0 Å². The first-order valence-corrected chi connectivity index (χ1v) is 12.0. The molecule has 6 heteroatoms. The van der Waals surface area contributed by atoms with E-state index in [0.29, 0.717) is 37.9 Å². The van der Waals surface area contributed by atoms with Crippen LogP contribution in [0.15, 0.2) is 11.6 Å². The fourth-order valence-electron chi connectivity index (χ4n) is 4.73. The predicted octanol–water partition coefficient (Wildman–Crippen LogP) is 3.32. The van der Waals surface area contributed by atoms with E-state index in [1.54, 1.807) is 4.31 Å². The Morgan fingerprint density at radius 2 is 1.92 bits per heavy atom. The molecule has 1 aliphatic heterocycles. The van der Waals surface area contributed by atoms with Crippen LogP contribution in [0.25, 0.3) is 0 Å². The maximum atomic E-state index is 12.7. The van der Waals surface area contributed by atoms with Crippen LogP contribution in [-0.2, 0) is 14.8 Å². The second-order valence-corrected chi connectivity index (χ2v) is 10.3. The normalized spacial score (nSPS) is 25.4. The molecule has 3 rings (SSSR count). The predicted molar refractivity (Wildman–Crippen MR) is 104 cm³/mol. The van der Waals surface area contributed by atoms with Crippen molar-refractivity contribution in [3.05, 3.63) is 11.6 Å². The molecule has 3 aliphatic rings. The largest absolute Gasteiger partial charge is 0.343 e. The van der Waals surface area contributed by atoms with Gasteiger partial charge in [0, 0.05) is 32.6 Å². The number of rotatable bonds is 6. The van der Waals surface area contributed by atoms with E-state index in [-0.39, 0.29) is 11.7 Å². The first-order valence-electron chi connectivity index (χ1n) is 10.4. The molecule has 2 fully saturated rings. The summed E-state index contributed by atoms with van der Waals surface area (Å²) in [4.78, 5) is 14.3. The number of hydrogen-bond acceptors (Lipinski definition) is 3. The van der Waals surface area contributed by atoms with Crippen molar-refractivity contribution in [3.8, 4) is 0 Å². The second-order valence-electron chi connectivity index (χ2n) is 8.25. The van der Waals surface area contributed by atoms with E-state index in [1.807, 2.05) is 11.9 Å². The minimum atomic E-state index is -3.26. The zero-order chi connectivity index (χ0) is 18.6. The summed E-state index contributed by atoms with van der Waals surface area (Å²) in [6.07, 6.45) is 13.3. The molecule has 0 aromatic rings. The Morgan fingerprint density at radius 1 is 1.15 bits per heavy atom. The monoisotopic (exact) mass is 382 g/mol. The molecular formula is C20H34N2O3S. The third-order valence-electron chi connectivity index (χ3n) is 6.48. The minimum absolute atomic E-state index is 0.0925. The minimum Gasteiger partial charge on any atom is -0.343 e. The number of fused-ring (bicyclic) bond motifs is 1. The molecule has 1 saturated heterocycles. The van der Waals surface area contributed by atoms with Crippen molar-refractivity contribution < 1.29 is 13.2 Å². The van der Waals surface area contributed by atoms with Gasteiger partial charge in [-0.25, -0.2) is 8.42 Å². The second kappa shape index (κ2) is 8.87. The molecule has 1 atom stereocenters. The Kier molecular flexibility index (Phi) is 6.78. The number of allylic oxidation sites excluding steroid dienone is 1. The highest BCUT2D eigenvalue weighted by atomic mass is 32.2. The topological polar surface area (TPSA) is 57.7 Å². The summed E-state index contributed by atoms with van der Waals surface area (Å²) in [6, 6.07) is 0.352.